The van der Waals surface area contributed by atoms with Gasteiger partial charge in [-0.25, -0.2) is 4.68 Å². The van der Waals surface area contributed by atoms with Gasteiger partial charge >= 0.3 is 6.18 Å². The molecule has 146 valence electrons. The summed E-state index contributed by atoms with van der Waals surface area (Å²) >= 11 is 6.62. The van der Waals surface area contributed by atoms with Crippen molar-refractivity contribution in [1.82, 2.24) is 25.1 Å². The van der Waals surface area contributed by atoms with Crippen molar-refractivity contribution < 1.29 is 22.8 Å². The van der Waals surface area contributed by atoms with Gasteiger partial charge in [-0.1, -0.05) is 23.4 Å². The van der Waals surface area contributed by atoms with Crippen LogP contribution in [0.5, 0.6) is 0 Å². The number of hydrogen-bond donors (Lipinski definition) is 1. The van der Waals surface area contributed by atoms with E-state index in [1.54, 1.807) is 7.05 Å². The zero-order valence-corrected chi connectivity index (χ0v) is 15.7. The first kappa shape index (κ1) is 21.0. The Hall–Kier alpha value is -2.34. The Labute approximate surface area is 161 Å². The number of likely N-dealkylation sites (N-methyl/N-ethyl adjacent to an activating group) is 1. The lowest BCUT2D eigenvalue weighted by molar-refractivity contribution is -0.137. The van der Waals surface area contributed by atoms with Gasteiger partial charge in [0.05, 0.1) is 22.9 Å². The number of carbonyl (C=O) groups excluding carboxylic acids is 2. The first-order valence-corrected chi connectivity index (χ1v) is 8.70. The van der Waals surface area contributed by atoms with E-state index < -0.39 is 22.7 Å². The molecule has 1 N–H and O–H groups in total. The minimum atomic E-state index is -4.64. The standard InChI is InChI=1S/C14H14ClF3N6O2S/c1-23(12(26)7-27-13-20-21-22-24(13)2)6-11(25)19-8-3-4-10(15)9(5-8)14(16,17)18/h3-5H,6-7H2,1-2H3,(H,19,25). The summed E-state index contributed by atoms with van der Waals surface area (Å²) in [5.41, 5.74) is -1.13. The van der Waals surface area contributed by atoms with E-state index in [0.717, 1.165) is 28.8 Å². The minimum Gasteiger partial charge on any atom is -0.336 e. The van der Waals surface area contributed by atoms with Crippen LogP contribution in [0.25, 0.3) is 0 Å². The molecule has 0 fully saturated rings. The number of nitrogens with zero attached hydrogens (tertiary/aromatic N) is 5. The number of aromatic nitrogens is 4. The molecule has 0 saturated heterocycles. The quantitative estimate of drug-likeness (QED) is 0.716. The van der Waals surface area contributed by atoms with Crippen LogP contribution < -0.4 is 5.32 Å². The highest BCUT2D eigenvalue weighted by Gasteiger charge is 2.33. The molecule has 0 spiro atoms. The first-order chi connectivity index (χ1) is 12.6. The second-order valence-electron chi connectivity index (χ2n) is 5.36. The lowest BCUT2D eigenvalue weighted by Gasteiger charge is -2.17. The highest BCUT2D eigenvalue weighted by molar-refractivity contribution is 7.99. The van der Waals surface area contributed by atoms with Crippen LogP contribution in [0.1, 0.15) is 5.56 Å². The molecule has 8 nitrogen and oxygen atoms in total. The maximum Gasteiger partial charge on any atom is 0.417 e. The van der Waals surface area contributed by atoms with Crippen LogP contribution in [0, 0.1) is 0 Å². The Balaban J connectivity index is 1.91. The van der Waals surface area contributed by atoms with Crippen LogP contribution in [-0.2, 0) is 22.8 Å². The zero-order valence-electron chi connectivity index (χ0n) is 14.1. The first-order valence-electron chi connectivity index (χ1n) is 7.33. The number of thioether (sulfide) groups is 1. The Morgan fingerprint density at radius 1 is 1.37 bits per heavy atom. The van der Waals surface area contributed by atoms with Crippen LogP contribution >= 0.6 is 23.4 Å². The van der Waals surface area contributed by atoms with Crippen molar-refractivity contribution in [3.63, 3.8) is 0 Å². The summed E-state index contributed by atoms with van der Waals surface area (Å²) in [7, 11) is 3.02. The van der Waals surface area contributed by atoms with Crippen LogP contribution in [0.4, 0.5) is 18.9 Å². The van der Waals surface area contributed by atoms with E-state index in [-0.39, 0.29) is 23.9 Å². The largest absolute Gasteiger partial charge is 0.417 e. The number of hydrogen-bond acceptors (Lipinski definition) is 6. The van der Waals surface area contributed by atoms with Crippen LogP contribution in [0.15, 0.2) is 23.4 Å². The topological polar surface area (TPSA) is 93.0 Å². The molecular formula is C14H14ClF3N6O2S. The molecular weight excluding hydrogens is 409 g/mol. The number of halogens is 4. The lowest BCUT2D eigenvalue weighted by atomic mass is 10.2. The van der Waals surface area contributed by atoms with Crippen molar-refractivity contribution in [2.24, 2.45) is 7.05 Å². The molecule has 0 aliphatic rings. The fraction of sp³-hybridized carbons (Fsp3) is 0.357. The fourth-order valence-electron chi connectivity index (χ4n) is 1.90. The van der Waals surface area contributed by atoms with Crippen LogP contribution in [-0.4, -0.2) is 56.3 Å². The maximum absolute atomic E-state index is 12.8. The number of nitrogens with one attached hydrogen (secondary N) is 1. The summed E-state index contributed by atoms with van der Waals surface area (Å²) in [6, 6.07) is 3.02. The van der Waals surface area contributed by atoms with E-state index in [0.29, 0.717) is 5.16 Å². The third kappa shape index (κ3) is 5.82. The molecule has 0 atom stereocenters. The van der Waals surface area contributed by atoms with Gasteiger partial charge in [-0.05, 0) is 28.6 Å². The molecule has 2 rings (SSSR count). The number of carbonyl (C=O) groups is 2. The van der Waals surface area contributed by atoms with E-state index in [2.05, 4.69) is 20.8 Å². The molecule has 2 aromatic rings. The number of tetrazole rings is 1. The number of amides is 2. The maximum atomic E-state index is 12.8. The second kappa shape index (κ2) is 8.57. The van der Waals surface area contributed by atoms with E-state index in [1.165, 1.54) is 17.8 Å². The number of anilines is 1. The predicted octanol–water partition coefficient (Wildman–Crippen LogP) is 2.07. The van der Waals surface area contributed by atoms with Gasteiger partial charge in [0.1, 0.15) is 0 Å². The molecule has 0 aliphatic heterocycles. The third-order valence-corrected chi connectivity index (χ3v) is 4.59. The van der Waals surface area contributed by atoms with Crippen LogP contribution in [0.3, 0.4) is 0 Å². The Morgan fingerprint density at radius 2 is 2.07 bits per heavy atom. The Bertz CT molecular complexity index is 845. The van der Waals surface area contributed by atoms with Crippen molar-refractivity contribution in [3.05, 3.63) is 28.8 Å². The Kier molecular flexibility index (Phi) is 6.65. The number of aryl methyl sites for hydroxylation is 1. The normalized spacial score (nSPS) is 11.3. The minimum absolute atomic E-state index is 0.00282. The SMILES string of the molecule is CN(CC(=O)Nc1ccc(Cl)c(C(F)(F)F)c1)C(=O)CSc1nnnn1C. The summed E-state index contributed by atoms with van der Waals surface area (Å²) in [6.45, 7) is -0.333. The van der Waals surface area contributed by atoms with Crippen molar-refractivity contribution in [2.45, 2.75) is 11.3 Å². The van der Waals surface area contributed by atoms with Gasteiger partial charge in [-0.15, -0.1) is 5.10 Å². The molecule has 1 heterocycles. The number of benzene rings is 1. The van der Waals surface area contributed by atoms with Crippen molar-refractivity contribution >= 4 is 40.9 Å². The van der Waals surface area contributed by atoms with E-state index in [4.69, 9.17) is 11.6 Å². The second-order valence-corrected chi connectivity index (χ2v) is 6.71. The van der Waals surface area contributed by atoms with Crippen molar-refractivity contribution in [2.75, 3.05) is 24.7 Å². The zero-order chi connectivity index (χ0) is 20.2. The summed E-state index contributed by atoms with van der Waals surface area (Å²) in [6.07, 6.45) is -4.64. The lowest BCUT2D eigenvalue weighted by Crippen LogP contribution is -2.36. The van der Waals surface area contributed by atoms with Gasteiger partial charge in [0, 0.05) is 19.8 Å². The molecule has 27 heavy (non-hydrogen) atoms. The van der Waals surface area contributed by atoms with Gasteiger partial charge in [0.15, 0.2) is 0 Å². The van der Waals surface area contributed by atoms with E-state index >= 15 is 0 Å². The molecule has 0 bridgehead atoms. The molecule has 2 amide bonds. The van der Waals surface area contributed by atoms with E-state index in [1.807, 2.05) is 0 Å². The highest BCUT2D eigenvalue weighted by Crippen LogP contribution is 2.36. The average molecular weight is 423 g/mol. The summed E-state index contributed by atoms with van der Waals surface area (Å²) < 4.78 is 39.9. The summed E-state index contributed by atoms with van der Waals surface area (Å²) in [5.74, 6) is -1.02. The van der Waals surface area contributed by atoms with Crippen molar-refractivity contribution in [3.8, 4) is 0 Å². The van der Waals surface area contributed by atoms with Gasteiger partial charge in [-0.3, -0.25) is 9.59 Å². The molecule has 13 heteroatoms. The number of rotatable bonds is 6. The highest BCUT2D eigenvalue weighted by atomic mass is 35.5. The molecule has 0 radical (unpaired) electrons. The smallest absolute Gasteiger partial charge is 0.336 e. The van der Waals surface area contributed by atoms with Gasteiger partial charge in [0.2, 0.25) is 17.0 Å². The van der Waals surface area contributed by atoms with Crippen LogP contribution in [0.2, 0.25) is 5.02 Å². The molecule has 1 aromatic carbocycles. The number of alkyl halides is 3. The van der Waals surface area contributed by atoms with Crippen molar-refractivity contribution in [1.29, 1.82) is 0 Å². The summed E-state index contributed by atoms with van der Waals surface area (Å²) in [5, 5.41) is 13.0. The van der Waals surface area contributed by atoms with Gasteiger partial charge in [0.25, 0.3) is 0 Å². The van der Waals surface area contributed by atoms with Gasteiger partial charge < -0.3 is 10.2 Å². The summed E-state index contributed by atoms with van der Waals surface area (Å²) in [4.78, 5) is 25.2. The molecule has 0 aliphatic carbocycles. The fourth-order valence-corrected chi connectivity index (χ4v) is 2.92. The Morgan fingerprint density at radius 3 is 2.67 bits per heavy atom. The predicted molar refractivity (Wildman–Crippen MR) is 92.2 cm³/mol. The molecule has 0 saturated carbocycles. The van der Waals surface area contributed by atoms with E-state index in [9.17, 15) is 22.8 Å². The monoisotopic (exact) mass is 422 g/mol. The third-order valence-electron chi connectivity index (χ3n) is 3.27. The van der Waals surface area contributed by atoms with Gasteiger partial charge in [-0.2, -0.15) is 13.2 Å². The average Bonchev–Trinajstić information content (AvgIpc) is 2.98. The molecule has 1 aromatic heterocycles. The molecule has 0 unspecified atom stereocenters.